The first kappa shape index (κ1) is 16.4. The van der Waals surface area contributed by atoms with Gasteiger partial charge in [0.1, 0.15) is 5.54 Å². The van der Waals surface area contributed by atoms with E-state index in [0.717, 1.165) is 6.07 Å². The molecule has 1 aromatic rings. The molecule has 0 bridgehead atoms. The van der Waals surface area contributed by atoms with E-state index in [-0.39, 0.29) is 23.9 Å². The lowest BCUT2D eigenvalue weighted by Gasteiger charge is -2.34. The molecule has 6 nitrogen and oxygen atoms in total. The summed E-state index contributed by atoms with van der Waals surface area (Å²) in [6.45, 7) is 0. The predicted molar refractivity (Wildman–Crippen MR) is 79.9 cm³/mol. The van der Waals surface area contributed by atoms with Crippen molar-refractivity contribution in [1.29, 1.82) is 0 Å². The molecule has 0 aromatic heterocycles. The quantitative estimate of drug-likeness (QED) is 0.723. The van der Waals surface area contributed by atoms with E-state index in [1.165, 1.54) is 12.1 Å². The summed E-state index contributed by atoms with van der Waals surface area (Å²) in [6, 6.07) is 3.06. The van der Waals surface area contributed by atoms with Crippen LogP contribution in [0.4, 0.5) is 13.6 Å². The van der Waals surface area contributed by atoms with Gasteiger partial charge in [0.2, 0.25) is 5.91 Å². The Kier molecular flexibility index (Phi) is 4.21. The summed E-state index contributed by atoms with van der Waals surface area (Å²) in [5, 5.41) is 7.64. The third-order valence-electron chi connectivity index (χ3n) is 4.60. The first-order chi connectivity index (χ1) is 11.4. The maximum atomic E-state index is 13.6. The summed E-state index contributed by atoms with van der Waals surface area (Å²) in [6.07, 6.45) is 1.63. The first-order valence-electron chi connectivity index (χ1n) is 7.75. The van der Waals surface area contributed by atoms with Gasteiger partial charge >= 0.3 is 6.03 Å². The van der Waals surface area contributed by atoms with Crippen LogP contribution in [-0.4, -0.2) is 29.4 Å². The lowest BCUT2D eigenvalue weighted by atomic mass is 9.79. The normalized spacial score (nSPS) is 26.2. The third kappa shape index (κ3) is 3.08. The molecule has 1 spiro atoms. The molecule has 1 aliphatic heterocycles. The van der Waals surface area contributed by atoms with E-state index in [0.29, 0.717) is 25.7 Å². The second-order valence-corrected chi connectivity index (χ2v) is 6.22. The van der Waals surface area contributed by atoms with Crippen LogP contribution in [0.3, 0.4) is 0 Å². The number of amides is 4. The van der Waals surface area contributed by atoms with Crippen LogP contribution in [0.15, 0.2) is 18.2 Å². The number of hydrogen-bond acceptors (Lipinski definition) is 3. The SMILES string of the molecule is O=C(Cc1cccc(F)c1F)NC1CCC2(CC1)NC(=O)NC2=O. The van der Waals surface area contributed by atoms with Crippen molar-refractivity contribution in [3.05, 3.63) is 35.4 Å². The Morgan fingerprint density at radius 2 is 1.96 bits per heavy atom. The van der Waals surface area contributed by atoms with E-state index in [1.54, 1.807) is 0 Å². The molecule has 1 saturated heterocycles. The van der Waals surface area contributed by atoms with Crippen molar-refractivity contribution in [2.24, 2.45) is 0 Å². The number of urea groups is 1. The van der Waals surface area contributed by atoms with Gasteiger partial charge in [0.15, 0.2) is 11.6 Å². The number of rotatable bonds is 3. The second kappa shape index (κ2) is 6.18. The van der Waals surface area contributed by atoms with Crippen LogP contribution in [-0.2, 0) is 16.0 Å². The van der Waals surface area contributed by atoms with E-state index >= 15 is 0 Å². The fraction of sp³-hybridized carbons (Fsp3) is 0.438. The maximum absolute atomic E-state index is 13.6. The zero-order valence-electron chi connectivity index (χ0n) is 12.8. The van der Waals surface area contributed by atoms with Crippen molar-refractivity contribution in [2.75, 3.05) is 0 Å². The van der Waals surface area contributed by atoms with Gasteiger partial charge in [0.05, 0.1) is 6.42 Å². The predicted octanol–water partition coefficient (Wildman–Crippen LogP) is 1.14. The van der Waals surface area contributed by atoms with E-state index in [2.05, 4.69) is 16.0 Å². The first-order valence-corrected chi connectivity index (χ1v) is 7.75. The van der Waals surface area contributed by atoms with Crippen LogP contribution in [0.25, 0.3) is 0 Å². The van der Waals surface area contributed by atoms with E-state index in [4.69, 9.17) is 0 Å². The zero-order chi connectivity index (χ0) is 17.3. The summed E-state index contributed by atoms with van der Waals surface area (Å²) in [7, 11) is 0. The van der Waals surface area contributed by atoms with Gasteiger partial charge in [-0.25, -0.2) is 13.6 Å². The molecule has 4 amide bonds. The van der Waals surface area contributed by atoms with Gasteiger partial charge < -0.3 is 10.6 Å². The number of halogens is 2. The number of carbonyl (C=O) groups is 3. The van der Waals surface area contributed by atoms with Crippen molar-refractivity contribution in [1.82, 2.24) is 16.0 Å². The number of nitrogens with one attached hydrogen (secondary N) is 3. The maximum Gasteiger partial charge on any atom is 0.322 e. The molecule has 1 aliphatic carbocycles. The average Bonchev–Trinajstić information content (AvgIpc) is 2.80. The van der Waals surface area contributed by atoms with Gasteiger partial charge in [-0.1, -0.05) is 12.1 Å². The average molecular weight is 337 g/mol. The Balaban J connectivity index is 1.54. The number of carbonyl (C=O) groups excluding carboxylic acids is 3. The van der Waals surface area contributed by atoms with Gasteiger partial charge in [-0.3, -0.25) is 14.9 Å². The standard InChI is InChI=1S/C16H17F2N3O3/c17-11-3-1-2-9(13(11)18)8-12(22)19-10-4-6-16(7-5-10)14(23)20-15(24)21-16/h1-3,10H,4-8H2,(H,19,22)(H2,20,21,23,24). The molecule has 1 aromatic carbocycles. The second-order valence-electron chi connectivity index (χ2n) is 6.22. The number of hydrogen-bond donors (Lipinski definition) is 3. The molecule has 1 heterocycles. The van der Waals surface area contributed by atoms with Gasteiger partial charge in [-0.15, -0.1) is 0 Å². The van der Waals surface area contributed by atoms with E-state index in [9.17, 15) is 23.2 Å². The Hall–Kier alpha value is -2.51. The Bertz CT molecular complexity index is 700. The zero-order valence-corrected chi connectivity index (χ0v) is 12.8. The summed E-state index contributed by atoms with van der Waals surface area (Å²) in [5.74, 6) is -2.73. The van der Waals surface area contributed by atoms with Crippen LogP contribution in [0.5, 0.6) is 0 Å². The lowest BCUT2D eigenvalue weighted by Crippen LogP contribution is -2.52. The number of imide groups is 1. The lowest BCUT2D eigenvalue weighted by molar-refractivity contribution is -0.125. The topological polar surface area (TPSA) is 87.3 Å². The molecular weight excluding hydrogens is 320 g/mol. The molecule has 0 unspecified atom stereocenters. The van der Waals surface area contributed by atoms with Crippen molar-refractivity contribution in [2.45, 2.75) is 43.7 Å². The fourth-order valence-corrected chi connectivity index (χ4v) is 3.27. The fourth-order valence-electron chi connectivity index (χ4n) is 3.27. The third-order valence-corrected chi connectivity index (χ3v) is 4.60. The number of benzene rings is 1. The molecule has 24 heavy (non-hydrogen) atoms. The van der Waals surface area contributed by atoms with Crippen LogP contribution < -0.4 is 16.0 Å². The molecule has 2 fully saturated rings. The van der Waals surface area contributed by atoms with E-state index in [1.807, 2.05) is 0 Å². The Morgan fingerprint density at radius 3 is 2.58 bits per heavy atom. The smallest absolute Gasteiger partial charge is 0.322 e. The summed E-state index contributed by atoms with van der Waals surface area (Å²) in [4.78, 5) is 35.1. The highest BCUT2D eigenvalue weighted by Crippen LogP contribution is 2.31. The largest absolute Gasteiger partial charge is 0.353 e. The molecule has 3 N–H and O–H groups in total. The molecular formula is C16H17F2N3O3. The van der Waals surface area contributed by atoms with Crippen LogP contribution in [0, 0.1) is 11.6 Å². The van der Waals surface area contributed by atoms with Crippen LogP contribution in [0.1, 0.15) is 31.2 Å². The van der Waals surface area contributed by atoms with Crippen LogP contribution in [0.2, 0.25) is 0 Å². The monoisotopic (exact) mass is 337 g/mol. The van der Waals surface area contributed by atoms with Gasteiger partial charge in [-0.2, -0.15) is 0 Å². The molecule has 8 heteroatoms. The van der Waals surface area contributed by atoms with Crippen molar-refractivity contribution >= 4 is 17.8 Å². The van der Waals surface area contributed by atoms with E-state index < -0.39 is 29.1 Å². The highest BCUT2D eigenvalue weighted by Gasteiger charge is 2.48. The molecule has 1 saturated carbocycles. The molecule has 0 radical (unpaired) electrons. The Labute approximate surface area is 137 Å². The van der Waals surface area contributed by atoms with Crippen molar-refractivity contribution in [3.8, 4) is 0 Å². The highest BCUT2D eigenvalue weighted by molar-refractivity contribution is 6.07. The van der Waals surface area contributed by atoms with Gasteiger partial charge in [0, 0.05) is 11.6 Å². The summed E-state index contributed by atoms with van der Waals surface area (Å²) >= 11 is 0. The van der Waals surface area contributed by atoms with Crippen LogP contribution >= 0.6 is 0 Å². The minimum Gasteiger partial charge on any atom is -0.353 e. The highest BCUT2D eigenvalue weighted by atomic mass is 19.2. The van der Waals surface area contributed by atoms with Crippen molar-refractivity contribution in [3.63, 3.8) is 0 Å². The summed E-state index contributed by atoms with van der Waals surface area (Å²) in [5.41, 5.74) is -0.880. The van der Waals surface area contributed by atoms with Crippen molar-refractivity contribution < 1.29 is 23.2 Å². The van der Waals surface area contributed by atoms with Gasteiger partial charge in [-0.05, 0) is 31.7 Å². The minimum atomic E-state index is -1.01. The summed E-state index contributed by atoms with van der Waals surface area (Å²) < 4.78 is 26.7. The minimum absolute atomic E-state index is 0.00205. The molecule has 128 valence electrons. The molecule has 2 aliphatic rings. The Morgan fingerprint density at radius 1 is 1.25 bits per heavy atom. The molecule has 3 rings (SSSR count). The van der Waals surface area contributed by atoms with Gasteiger partial charge in [0.25, 0.3) is 5.91 Å². The molecule has 0 atom stereocenters.